The average Bonchev–Trinajstić information content (AvgIpc) is 2.96. The first kappa shape index (κ1) is 14.4. The van der Waals surface area contributed by atoms with E-state index in [1.54, 1.807) is 0 Å². The van der Waals surface area contributed by atoms with Crippen molar-refractivity contribution in [1.29, 1.82) is 0 Å². The molecule has 4 heteroatoms. The Hall–Kier alpha value is -1.55. The van der Waals surface area contributed by atoms with Crippen molar-refractivity contribution >= 4 is 5.91 Å². The zero-order chi connectivity index (χ0) is 14.7. The fraction of sp³-hybridized carbons (Fsp3) is 0.588. The van der Waals surface area contributed by atoms with Gasteiger partial charge >= 0.3 is 0 Å². The zero-order valence-electron chi connectivity index (χ0n) is 12.7. The van der Waals surface area contributed by atoms with Crippen LogP contribution >= 0.6 is 0 Å². The molecule has 114 valence electrons. The smallest absolute Gasteiger partial charge is 0.227 e. The molecule has 1 aromatic carbocycles. The number of nitrogens with zero attached hydrogens (tertiary/aromatic N) is 2. The van der Waals surface area contributed by atoms with Crippen LogP contribution in [0.1, 0.15) is 19.3 Å². The molecule has 2 atom stereocenters. The maximum atomic E-state index is 12.6. The van der Waals surface area contributed by atoms with Gasteiger partial charge in [-0.25, -0.2) is 0 Å². The van der Waals surface area contributed by atoms with Crippen molar-refractivity contribution < 1.29 is 9.53 Å². The number of ether oxygens (including phenoxy) is 1. The van der Waals surface area contributed by atoms with Crippen molar-refractivity contribution in [3.05, 3.63) is 30.3 Å². The van der Waals surface area contributed by atoms with Gasteiger partial charge in [0.2, 0.25) is 5.91 Å². The minimum Gasteiger partial charge on any atom is -0.489 e. The summed E-state index contributed by atoms with van der Waals surface area (Å²) >= 11 is 0. The Morgan fingerprint density at radius 3 is 2.71 bits per heavy atom. The van der Waals surface area contributed by atoms with Gasteiger partial charge in [-0.1, -0.05) is 18.2 Å². The molecule has 0 N–H and O–H groups in total. The molecule has 0 spiro atoms. The van der Waals surface area contributed by atoms with E-state index in [1.807, 2.05) is 35.2 Å². The fourth-order valence-electron chi connectivity index (χ4n) is 3.34. The summed E-state index contributed by atoms with van der Waals surface area (Å²) in [5, 5.41) is 0. The Kier molecular flexibility index (Phi) is 4.44. The summed E-state index contributed by atoms with van der Waals surface area (Å²) in [4.78, 5) is 16.8. The Bertz CT molecular complexity index is 477. The van der Waals surface area contributed by atoms with E-state index in [0.29, 0.717) is 5.91 Å². The fourth-order valence-corrected chi connectivity index (χ4v) is 3.34. The van der Waals surface area contributed by atoms with E-state index in [4.69, 9.17) is 4.74 Å². The first-order valence-electron chi connectivity index (χ1n) is 7.91. The van der Waals surface area contributed by atoms with Crippen LogP contribution in [0.15, 0.2) is 30.3 Å². The number of piperidine rings is 1. The maximum absolute atomic E-state index is 12.6. The van der Waals surface area contributed by atoms with E-state index in [2.05, 4.69) is 11.9 Å². The number of benzene rings is 1. The van der Waals surface area contributed by atoms with Gasteiger partial charge < -0.3 is 14.5 Å². The molecule has 2 aliphatic heterocycles. The van der Waals surface area contributed by atoms with E-state index in [1.165, 1.54) is 0 Å². The highest BCUT2D eigenvalue weighted by molar-refractivity contribution is 5.79. The van der Waals surface area contributed by atoms with Crippen LogP contribution in [0.4, 0.5) is 0 Å². The van der Waals surface area contributed by atoms with Crippen molar-refractivity contribution in [2.45, 2.75) is 25.4 Å². The molecule has 21 heavy (non-hydrogen) atoms. The number of para-hydroxylation sites is 1. The minimum atomic E-state index is 0.137. The second-order valence-electron chi connectivity index (χ2n) is 6.23. The van der Waals surface area contributed by atoms with Gasteiger partial charge in [-0.2, -0.15) is 0 Å². The topological polar surface area (TPSA) is 32.8 Å². The van der Waals surface area contributed by atoms with Gasteiger partial charge in [-0.05, 0) is 38.6 Å². The standard InChI is InChI=1S/C17H24N2O2/c1-18-10-5-6-14(12-18)17(20)19-11-9-16(13-19)21-15-7-3-2-4-8-15/h2-4,7-8,14,16H,5-6,9-13H2,1H3. The summed E-state index contributed by atoms with van der Waals surface area (Å²) in [6.07, 6.45) is 3.23. The second-order valence-corrected chi connectivity index (χ2v) is 6.23. The van der Waals surface area contributed by atoms with Crippen LogP contribution in [0, 0.1) is 5.92 Å². The van der Waals surface area contributed by atoms with Crippen LogP contribution in [0.5, 0.6) is 5.75 Å². The summed E-state index contributed by atoms with van der Waals surface area (Å²) in [6.45, 7) is 3.58. The molecular formula is C17H24N2O2. The lowest BCUT2D eigenvalue weighted by Crippen LogP contribution is -2.43. The molecule has 0 bridgehead atoms. The molecule has 4 nitrogen and oxygen atoms in total. The predicted molar refractivity (Wildman–Crippen MR) is 82.3 cm³/mol. The molecule has 0 aromatic heterocycles. The van der Waals surface area contributed by atoms with Crippen LogP contribution in [0.3, 0.4) is 0 Å². The van der Waals surface area contributed by atoms with Gasteiger partial charge in [-0.3, -0.25) is 4.79 Å². The number of carbonyl (C=O) groups excluding carboxylic acids is 1. The molecule has 2 aliphatic rings. The molecule has 3 rings (SSSR count). The minimum absolute atomic E-state index is 0.137. The third kappa shape index (κ3) is 3.56. The lowest BCUT2D eigenvalue weighted by Gasteiger charge is -2.31. The predicted octanol–water partition coefficient (Wildman–Crippen LogP) is 2.01. The first-order chi connectivity index (χ1) is 10.2. The lowest BCUT2D eigenvalue weighted by molar-refractivity contribution is -0.136. The van der Waals surface area contributed by atoms with Crippen LogP contribution < -0.4 is 4.74 Å². The Balaban J connectivity index is 1.53. The van der Waals surface area contributed by atoms with Crippen molar-refractivity contribution in [2.75, 3.05) is 33.2 Å². The van der Waals surface area contributed by atoms with Crippen LogP contribution in [-0.4, -0.2) is 55.0 Å². The molecule has 2 saturated heterocycles. The number of carbonyl (C=O) groups is 1. The summed E-state index contributed by atoms with van der Waals surface area (Å²) in [5.74, 6) is 1.40. The molecule has 0 saturated carbocycles. The molecule has 2 unspecified atom stereocenters. The summed E-state index contributed by atoms with van der Waals surface area (Å²) in [6, 6.07) is 9.88. The maximum Gasteiger partial charge on any atom is 0.227 e. The van der Waals surface area contributed by atoms with Crippen LogP contribution in [0.2, 0.25) is 0 Å². The largest absolute Gasteiger partial charge is 0.489 e. The molecular weight excluding hydrogens is 264 g/mol. The highest BCUT2D eigenvalue weighted by Crippen LogP contribution is 2.23. The van der Waals surface area contributed by atoms with Gasteiger partial charge in [0.15, 0.2) is 0 Å². The highest BCUT2D eigenvalue weighted by Gasteiger charge is 2.33. The van der Waals surface area contributed by atoms with Crippen molar-refractivity contribution in [3.63, 3.8) is 0 Å². The van der Waals surface area contributed by atoms with Crippen LogP contribution in [0.25, 0.3) is 0 Å². The van der Waals surface area contributed by atoms with Crippen molar-refractivity contribution in [1.82, 2.24) is 9.80 Å². The highest BCUT2D eigenvalue weighted by atomic mass is 16.5. The Morgan fingerprint density at radius 1 is 1.14 bits per heavy atom. The molecule has 0 aliphatic carbocycles. The van der Waals surface area contributed by atoms with Gasteiger partial charge in [0, 0.05) is 19.5 Å². The molecule has 1 amide bonds. The normalized spacial score (nSPS) is 26.8. The van der Waals surface area contributed by atoms with Crippen molar-refractivity contribution in [3.8, 4) is 5.75 Å². The summed E-state index contributed by atoms with van der Waals surface area (Å²) < 4.78 is 5.96. The second kappa shape index (κ2) is 6.48. The average molecular weight is 288 g/mol. The van der Waals surface area contributed by atoms with E-state index in [-0.39, 0.29) is 12.0 Å². The third-order valence-electron chi connectivity index (χ3n) is 4.48. The Morgan fingerprint density at radius 2 is 1.95 bits per heavy atom. The third-order valence-corrected chi connectivity index (χ3v) is 4.48. The van der Waals surface area contributed by atoms with E-state index in [0.717, 1.165) is 51.2 Å². The number of rotatable bonds is 3. The number of hydrogen-bond donors (Lipinski definition) is 0. The van der Waals surface area contributed by atoms with Crippen molar-refractivity contribution in [2.24, 2.45) is 5.92 Å². The zero-order valence-corrected chi connectivity index (χ0v) is 12.7. The first-order valence-corrected chi connectivity index (χ1v) is 7.91. The number of likely N-dealkylation sites (tertiary alicyclic amines) is 2. The quantitative estimate of drug-likeness (QED) is 0.853. The summed E-state index contributed by atoms with van der Waals surface area (Å²) in [5.41, 5.74) is 0. The van der Waals surface area contributed by atoms with Gasteiger partial charge in [0.1, 0.15) is 11.9 Å². The number of amides is 1. The van der Waals surface area contributed by atoms with Gasteiger partial charge in [0.05, 0.1) is 12.5 Å². The van der Waals surface area contributed by atoms with E-state index >= 15 is 0 Å². The number of hydrogen-bond acceptors (Lipinski definition) is 3. The molecule has 2 heterocycles. The SMILES string of the molecule is CN1CCCC(C(=O)N2CCC(Oc3ccccc3)C2)C1. The van der Waals surface area contributed by atoms with Gasteiger partial charge in [-0.15, -0.1) is 0 Å². The van der Waals surface area contributed by atoms with E-state index in [9.17, 15) is 4.79 Å². The molecule has 0 radical (unpaired) electrons. The van der Waals surface area contributed by atoms with E-state index < -0.39 is 0 Å². The lowest BCUT2D eigenvalue weighted by atomic mass is 9.97. The van der Waals surface area contributed by atoms with Gasteiger partial charge in [0.25, 0.3) is 0 Å². The molecule has 2 fully saturated rings. The van der Waals surface area contributed by atoms with Crippen LogP contribution in [-0.2, 0) is 4.79 Å². The monoisotopic (exact) mass is 288 g/mol. The summed E-state index contributed by atoms with van der Waals surface area (Å²) in [7, 11) is 2.10. The Labute approximate surface area is 126 Å². The molecule has 1 aromatic rings.